The first-order valence-electron chi connectivity index (χ1n) is 4.06. The van der Waals surface area contributed by atoms with Crippen LogP contribution in [0.2, 0.25) is 0 Å². The van der Waals surface area contributed by atoms with E-state index in [1.54, 1.807) is 6.26 Å². The van der Waals surface area contributed by atoms with Crippen molar-refractivity contribution in [3.63, 3.8) is 0 Å². The average Bonchev–Trinajstić information content (AvgIpc) is 2.19. The number of amidine groups is 1. The number of aliphatic imine (C=N–C) groups is 1. The van der Waals surface area contributed by atoms with Gasteiger partial charge >= 0.3 is 6.03 Å². The van der Waals surface area contributed by atoms with Gasteiger partial charge < -0.3 is 5.73 Å². The average molecular weight is 227 g/mol. The van der Waals surface area contributed by atoms with Gasteiger partial charge in [-0.1, -0.05) is 11.8 Å². The number of primary amides is 1. The largest absolute Gasteiger partial charge is 0.351 e. The molecule has 6 heteroatoms. The Morgan fingerprint density at radius 2 is 2.07 bits per heavy atom. The third kappa shape index (κ3) is 3.99. The topological polar surface area (TPSA) is 67.5 Å². The number of benzene rings is 1. The second kappa shape index (κ2) is 5.35. The Kier molecular flexibility index (Phi) is 4.11. The SMILES string of the molecule is CSC(=Nc1ccc(F)cc1)NC(N)=O. The standard InChI is InChI=1S/C9H10FN3OS/c1-15-9(13-8(11)14)12-7-4-2-6(10)3-5-7/h2-5H,1H3,(H3,11,12,13,14). The fourth-order valence-corrected chi connectivity index (χ4v) is 1.26. The first-order valence-corrected chi connectivity index (χ1v) is 5.29. The van der Waals surface area contributed by atoms with Crippen molar-refractivity contribution < 1.29 is 9.18 Å². The van der Waals surface area contributed by atoms with Crippen LogP contribution in [-0.2, 0) is 0 Å². The summed E-state index contributed by atoms with van der Waals surface area (Å²) in [6.45, 7) is 0. The van der Waals surface area contributed by atoms with E-state index < -0.39 is 6.03 Å². The number of amides is 2. The summed E-state index contributed by atoms with van der Waals surface area (Å²) in [7, 11) is 0. The molecule has 0 bridgehead atoms. The Morgan fingerprint density at radius 1 is 1.47 bits per heavy atom. The molecule has 1 rings (SSSR count). The van der Waals surface area contributed by atoms with Crippen LogP contribution in [0.3, 0.4) is 0 Å². The van der Waals surface area contributed by atoms with Gasteiger partial charge in [0, 0.05) is 0 Å². The number of halogens is 1. The molecule has 15 heavy (non-hydrogen) atoms. The number of hydrogen-bond acceptors (Lipinski definition) is 3. The maximum Gasteiger partial charge on any atom is 0.318 e. The Morgan fingerprint density at radius 3 is 2.53 bits per heavy atom. The molecule has 0 fully saturated rings. The molecule has 0 radical (unpaired) electrons. The minimum absolute atomic E-state index is 0.331. The number of nitrogens with two attached hydrogens (primary N) is 1. The smallest absolute Gasteiger partial charge is 0.318 e. The van der Waals surface area contributed by atoms with Gasteiger partial charge in [0.25, 0.3) is 0 Å². The van der Waals surface area contributed by atoms with Crippen LogP contribution in [0.25, 0.3) is 0 Å². The summed E-state index contributed by atoms with van der Waals surface area (Å²) in [6, 6.07) is 4.93. The Hall–Kier alpha value is -1.56. The molecule has 3 N–H and O–H groups in total. The van der Waals surface area contributed by atoms with Crippen molar-refractivity contribution in [1.29, 1.82) is 0 Å². The molecule has 0 saturated heterocycles. The van der Waals surface area contributed by atoms with Crippen molar-refractivity contribution >= 4 is 28.6 Å². The Balaban J connectivity index is 2.83. The van der Waals surface area contributed by atoms with Crippen LogP contribution in [0.1, 0.15) is 0 Å². The van der Waals surface area contributed by atoms with Gasteiger partial charge in [-0.25, -0.2) is 14.2 Å². The fourth-order valence-electron chi connectivity index (χ4n) is 0.863. The van der Waals surface area contributed by atoms with Gasteiger partial charge in [-0.05, 0) is 30.5 Å². The van der Waals surface area contributed by atoms with Crippen LogP contribution < -0.4 is 11.1 Å². The van der Waals surface area contributed by atoms with Crippen LogP contribution in [0.4, 0.5) is 14.9 Å². The predicted molar refractivity (Wildman–Crippen MR) is 59.7 cm³/mol. The summed E-state index contributed by atoms with van der Waals surface area (Å²) in [4.78, 5) is 14.6. The zero-order chi connectivity index (χ0) is 11.3. The summed E-state index contributed by atoms with van der Waals surface area (Å²) >= 11 is 1.24. The lowest BCUT2D eigenvalue weighted by atomic mass is 10.3. The highest BCUT2D eigenvalue weighted by molar-refractivity contribution is 8.13. The summed E-state index contributed by atoms with van der Waals surface area (Å²) in [5.41, 5.74) is 5.49. The highest BCUT2D eigenvalue weighted by atomic mass is 32.2. The highest BCUT2D eigenvalue weighted by Crippen LogP contribution is 2.14. The summed E-state index contributed by atoms with van der Waals surface area (Å²) in [6.07, 6.45) is 1.75. The van der Waals surface area contributed by atoms with Crippen molar-refractivity contribution in [2.75, 3.05) is 6.26 Å². The van der Waals surface area contributed by atoms with Crippen LogP contribution in [0.5, 0.6) is 0 Å². The lowest BCUT2D eigenvalue weighted by Gasteiger charge is -2.02. The number of urea groups is 1. The van der Waals surface area contributed by atoms with Crippen molar-refractivity contribution in [3.8, 4) is 0 Å². The van der Waals surface area contributed by atoms with Crippen LogP contribution >= 0.6 is 11.8 Å². The van der Waals surface area contributed by atoms with Gasteiger partial charge in [0.1, 0.15) is 5.82 Å². The Bertz CT molecular complexity index is 377. The lowest BCUT2D eigenvalue weighted by molar-refractivity contribution is 0.253. The second-order valence-corrected chi connectivity index (χ2v) is 3.38. The maximum atomic E-state index is 12.6. The van der Waals surface area contributed by atoms with E-state index in [-0.39, 0.29) is 5.82 Å². The van der Waals surface area contributed by atoms with E-state index in [4.69, 9.17) is 5.73 Å². The van der Waals surface area contributed by atoms with Gasteiger partial charge in [0.15, 0.2) is 5.17 Å². The molecule has 2 amide bonds. The van der Waals surface area contributed by atoms with Gasteiger partial charge in [0.2, 0.25) is 0 Å². The monoisotopic (exact) mass is 227 g/mol. The normalized spacial score (nSPS) is 11.2. The van der Waals surface area contributed by atoms with Crippen LogP contribution in [-0.4, -0.2) is 17.5 Å². The zero-order valence-electron chi connectivity index (χ0n) is 8.03. The molecule has 80 valence electrons. The predicted octanol–water partition coefficient (Wildman–Crippen LogP) is 1.84. The van der Waals surface area contributed by atoms with E-state index in [2.05, 4.69) is 10.3 Å². The van der Waals surface area contributed by atoms with Gasteiger partial charge in [-0.2, -0.15) is 0 Å². The third-order valence-electron chi connectivity index (χ3n) is 1.48. The van der Waals surface area contributed by atoms with Crippen LogP contribution in [0.15, 0.2) is 29.3 Å². The fraction of sp³-hybridized carbons (Fsp3) is 0.111. The van der Waals surface area contributed by atoms with E-state index in [1.165, 1.54) is 36.0 Å². The quantitative estimate of drug-likeness (QED) is 0.568. The minimum Gasteiger partial charge on any atom is -0.351 e. The Labute approximate surface area is 90.8 Å². The molecule has 0 aliphatic rings. The molecule has 1 aromatic carbocycles. The van der Waals surface area contributed by atoms with E-state index >= 15 is 0 Å². The van der Waals surface area contributed by atoms with E-state index in [0.29, 0.717) is 10.9 Å². The lowest BCUT2D eigenvalue weighted by Crippen LogP contribution is -2.33. The minimum atomic E-state index is -0.676. The van der Waals surface area contributed by atoms with Crippen molar-refractivity contribution in [3.05, 3.63) is 30.1 Å². The number of carbonyl (C=O) groups is 1. The molecule has 0 spiro atoms. The van der Waals surface area contributed by atoms with E-state index in [9.17, 15) is 9.18 Å². The molecule has 0 heterocycles. The molecular formula is C9H10FN3OS. The molecule has 0 aromatic heterocycles. The number of rotatable bonds is 1. The highest BCUT2D eigenvalue weighted by Gasteiger charge is 2.00. The number of carbonyl (C=O) groups excluding carboxylic acids is 1. The molecule has 4 nitrogen and oxygen atoms in total. The van der Waals surface area contributed by atoms with Gasteiger partial charge in [-0.3, -0.25) is 5.32 Å². The third-order valence-corrected chi connectivity index (χ3v) is 2.06. The molecule has 0 saturated carbocycles. The first kappa shape index (κ1) is 11.5. The zero-order valence-corrected chi connectivity index (χ0v) is 8.84. The van der Waals surface area contributed by atoms with E-state index in [1.807, 2.05) is 0 Å². The number of thioether (sulfide) groups is 1. The van der Waals surface area contributed by atoms with Crippen LogP contribution in [0, 0.1) is 5.82 Å². The molecule has 0 aliphatic heterocycles. The molecule has 0 atom stereocenters. The first-order chi connectivity index (χ1) is 7.11. The molecule has 0 unspecified atom stereocenters. The molecule has 1 aromatic rings. The molecule has 0 aliphatic carbocycles. The van der Waals surface area contributed by atoms with Crippen molar-refractivity contribution in [2.24, 2.45) is 10.7 Å². The van der Waals surface area contributed by atoms with Crippen molar-refractivity contribution in [1.82, 2.24) is 5.32 Å². The number of nitrogens with zero attached hydrogens (tertiary/aromatic N) is 1. The number of hydrogen-bond donors (Lipinski definition) is 2. The number of nitrogens with one attached hydrogen (secondary N) is 1. The summed E-state index contributed by atoms with van der Waals surface area (Å²) in [5.74, 6) is -0.331. The maximum absolute atomic E-state index is 12.6. The second-order valence-electron chi connectivity index (χ2n) is 2.59. The molecular weight excluding hydrogens is 217 g/mol. The van der Waals surface area contributed by atoms with E-state index in [0.717, 1.165) is 0 Å². The summed E-state index contributed by atoms with van der Waals surface area (Å²) in [5, 5.41) is 2.72. The summed E-state index contributed by atoms with van der Waals surface area (Å²) < 4.78 is 12.6. The van der Waals surface area contributed by atoms with Crippen molar-refractivity contribution in [2.45, 2.75) is 0 Å². The van der Waals surface area contributed by atoms with Gasteiger partial charge in [-0.15, -0.1) is 0 Å². The van der Waals surface area contributed by atoms with Gasteiger partial charge in [0.05, 0.1) is 5.69 Å².